The molecule has 0 saturated carbocycles. The third-order valence-electron chi connectivity index (χ3n) is 3.04. The quantitative estimate of drug-likeness (QED) is 0.523. The molecule has 0 saturated heterocycles. The molecule has 0 aliphatic carbocycles. The van der Waals surface area contributed by atoms with Crippen LogP contribution in [0.1, 0.15) is 48.0 Å². The van der Waals surface area contributed by atoms with Crippen LogP contribution in [0.2, 0.25) is 0 Å². The van der Waals surface area contributed by atoms with Crippen molar-refractivity contribution < 1.29 is 24.5 Å². The lowest BCUT2D eigenvalue weighted by Gasteiger charge is -2.44. The monoisotopic (exact) mass is 275 g/mol. The number of carbonyl (C=O) groups excluding carboxylic acids is 1. The van der Waals surface area contributed by atoms with E-state index in [4.69, 9.17) is 15.6 Å². The summed E-state index contributed by atoms with van der Waals surface area (Å²) in [6.45, 7) is 9.95. The summed E-state index contributed by atoms with van der Waals surface area (Å²) in [5.74, 6) is -2.02. The molecule has 0 amide bonds. The van der Waals surface area contributed by atoms with Crippen molar-refractivity contribution in [1.82, 2.24) is 0 Å². The summed E-state index contributed by atoms with van der Waals surface area (Å²) in [4.78, 5) is 23.4. The van der Waals surface area contributed by atoms with Crippen LogP contribution >= 0.6 is 0 Å². The fraction of sp³-hybridized carbons (Fsp3) is 0.846. The van der Waals surface area contributed by atoms with Gasteiger partial charge in [0.25, 0.3) is 0 Å². The van der Waals surface area contributed by atoms with Gasteiger partial charge in [-0.2, -0.15) is 0 Å². The second kappa shape index (κ2) is 5.46. The number of rotatable bonds is 4. The first-order valence-electron chi connectivity index (χ1n) is 6.13. The van der Waals surface area contributed by atoms with E-state index < -0.39 is 41.0 Å². The maximum absolute atomic E-state index is 12.4. The Hall–Kier alpha value is -1.14. The molecule has 0 aliphatic rings. The first-order chi connectivity index (χ1) is 8.24. The number of hydrogen-bond donors (Lipinski definition) is 3. The van der Waals surface area contributed by atoms with Crippen LogP contribution in [-0.2, 0) is 14.3 Å². The predicted octanol–water partition coefficient (Wildman–Crippen LogP) is 1.11. The molecule has 0 aromatic carbocycles. The molecule has 0 bridgehead atoms. The summed E-state index contributed by atoms with van der Waals surface area (Å²) in [6, 6.07) is 0. The number of aliphatic hydroxyl groups excluding tert-OH is 1. The summed E-state index contributed by atoms with van der Waals surface area (Å²) in [5, 5.41) is 18.9. The average Bonchev–Trinajstić information content (AvgIpc) is 2.07. The van der Waals surface area contributed by atoms with Gasteiger partial charge < -0.3 is 20.7 Å². The molecule has 0 radical (unpaired) electrons. The number of carboxylic acid groups (broad SMARTS) is 1. The van der Waals surface area contributed by atoms with Gasteiger partial charge in [-0.05, 0) is 26.2 Å². The maximum atomic E-state index is 12.4. The highest BCUT2D eigenvalue weighted by molar-refractivity contribution is 5.84. The molecule has 2 unspecified atom stereocenters. The number of aliphatic carboxylic acids is 1. The second-order valence-electron chi connectivity index (χ2n) is 6.74. The Balaban J connectivity index is 5.73. The first kappa shape index (κ1) is 17.9. The molecule has 0 aromatic heterocycles. The fourth-order valence-electron chi connectivity index (χ4n) is 1.92. The number of aliphatic hydroxyl groups is 1. The maximum Gasteiger partial charge on any atom is 0.317 e. The summed E-state index contributed by atoms with van der Waals surface area (Å²) >= 11 is 0. The zero-order valence-corrected chi connectivity index (χ0v) is 12.5. The lowest BCUT2D eigenvalue weighted by Crippen LogP contribution is -2.58. The van der Waals surface area contributed by atoms with Crippen LogP contribution in [0.25, 0.3) is 0 Å². The molecule has 4 N–H and O–H groups in total. The normalized spacial score (nSPS) is 17.5. The van der Waals surface area contributed by atoms with Crippen molar-refractivity contribution in [1.29, 1.82) is 0 Å². The standard InChI is InChI=1S/C13H25NO5/c1-11(2,3)13(9(14)17,7-8(15)16)10(18)19-12(4,5)6/h9,17H,7,14H2,1-6H3,(H,15,16). The molecular weight excluding hydrogens is 250 g/mol. The molecule has 6 heteroatoms. The molecular formula is C13H25NO5. The highest BCUT2D eigenvalue weighted by Crippen LogP contribution is 2.45. The Morgan fingerprint density at radius 3 is 1.79 bits per heavy atom. The van der Waals surface area contributed by atoms with Crippen molar-refractivity contribution in [2.45, 2.75) is 59.8 Å². The molecule has 0 aromatic rings. The van der Waals surface area contributed by atoms with Crippen molar-refractivity contribution in [3.05, 3.63) is 0 Å². The van der Waals surface area contributed by atoms with Gasteiger partial charge in [-0.15, -0.1) is 0 Å². The van der Waals surface area contributed by atoms with Crippen molar-refractivity contribution >= 4 is 11.9 Å². The van der Waals surface area contributed by atoms with Crippen LogP contribution in [0.3, 0.4) is 0 Å². The van der Waals surface area contributed by atoms with E-state index >= 15 is 0 Å². The Labute approximate surface area is 113 Å². The Kier molecular flexibility index (Phi) is 5.14. The molecule has 6 nitrogen and oxygen atoms in total. The van der Waals surface area contributed by atoms with Crippen LogP contribution in [-0.4, -0.2) is 34.0 Å². The topological polar surface area (TPSA) is 110 Å². The van der Waals surface area contributed by atoms with Gasteiger partial charge in [0.2, 0.25) is 0 Å². The molecule has 0 rings (SSSR count). The van der Waals surface area contributed by atoms with Gasteiger partial charge in [0.15, 0.2) is 0 Å². The summed E-state index contributed by atoms with van der Waals surface area (Å²) in [7, 11) is 0. The Morgan fingerprint density at radius 1 is 1.16 bits per heavy atom. The van der Waals surface area contributed by atoms with E-state index in [2.05, 4.69) is 0 Å². The van der Waals surface area contributed by atoms with E-state index in [0.29, 0.717) is 0 Å². The van der Waals surface area contributed by atoms with Gasteiger partial charge in [0.05, 0.1) is 6.42 Å². The Morgan fingerprint density at radius 2 is 1.58 bits per heavy atom. The van der Waals surface area contributed by atoms with Crippen LogP contribution in [0.4, 0.5) is 0 Å². The molecule has 0 fully saturated rings. The van der Waals surface area contributed by atoms with E-state index in [1.807, 2.05) is 0 Å². The Bertz CT molecular complexity index is 351. The molecule has 19 heavy (non-hydrogen) atoms. The van der Waals surface area contributed by atoms with Crippen molar-refractivity contribution in [2.75, 3.05) is 0 Å². The van der Waals surface area contributed by atoms with Crippen molar-refractivity contribution in [3.63, 3.8) is 0 Å². The predicted molar refractivity (Wildman–Crippen MR) is 70.2 cm³/mol. The smallest absolute Gasteiger partial charge is 0.317 e. The number of esters is 1. The largest absolute Gasteiger partial charge is 0.481 e. The molecule has 0 heterocycles. The molecule has 112 valence electrons. The van der Waals surface area contributed by atoms with Crippen LogP contribution < -0.4 is 5.73 Å². The highest BCUT2D eigenvalue weighted by atomic mass is 16.6. The van der Waals surface area contributed by atoms with Gasteiger partial charge in [-0.1, -0.05) is 20.8 Å². The molecule has 0 spiro atoms. The van der Waals surface area contributed by atoms with E-state index in [-0.39, 0.29) is 0 Å². The zero-order valence-electron chi connectivity index (χ0n) is 12.5. The fourth-order valence-corrected chi connectivity index (χ4v) is 1.92. The number of carboxylic acids is 1. The van der Waals surface area contributed by atoms with Gasteiger partial charge in [-0.3, -0.25) is 9.59 Å². The van der Waals surface area contributed by atoms with Crippen molar-refractivity contribution in [3.8, 4) is 0 Å². The van der Waals surface area contributed by atoms with Crippen LogP contribution in [0.5, 0.6) is 0 Å². The minimum absolute atomic E-state index is 0.594. The molecule has 0 aliphatic heterocycles. The van der Waals surface area contributed by atoms with E-state index in [1.165, 1.54) is 0 Å². The minimum Gasteiger partial charge on any atom is -0.481 e. The summed E-state index contributed by atoms with van der Waals surface area (Å²) < 4.78 is 5.25. The SMILES string of the molecule is CC(C)(C)OC(=O)C(CC(=O)O)(C(N)O)C(C)(C)C. The van der Waals surface area contributed by atoms with Gasteiger partial charge in [-0.25, -0.2) is 0 Å². The highest BCUT2D eigenvalue weighted by Gasteiger charge is 2.56. The van der Waals surface area contributed by atoms with Gasteiger partial charge in [0.1, 0.15) is 17.2 Å². The number of ether oxygens (including phenoxy) is 1. The second-order valence-corrected chi connectivity index (χ2v) is 6.74. The lowest BCUT2D eigenvalue weighted by atomic mass is 9.63. The first-order valence-corrected chi connectivity index (χ1v) is 6.13. The summed E-state index contributed by atoms with van der Waals surface area (Å²) in [6.07, 6.45) is -2.22. The third kappa shape index (κ3) is 4.18. The van der Waals surface area contributed by atoms with Crippen LogP contribution in [0, 0.1) is 10.8 Å². The minimum atomic E-state index is -1.70. The average molecular weight is 275 g/mol. The lowest BCUT2D eigenvalue weighted by molar-refractivity contribution is -0.191. The van der Waals surface area contributed by atoms with E-state index in [0.717, 1.165) is 0 Å². The van der Waals surface area contributed by atoms with Crippen LogP contribution in [0.15, 0.2) is 0 Å². The molecule has 2 atom stereocenters. The van der Waals surface area contributed by atoms with Gasteiger partial charge in [0, 0.05) is 0 Å². The number of carbonyl (C=O) groups is 2. The summed E-state index contributed by atoms with van der Waals surface area (Å²) in [5.41, 5.74) is 2.15. The third-order valence-corrected chi connectivity index (χ3v) is 3.04. The number of hydrogen-bond acceptors (Lipinski definition) is 5. The zero-order chi connectivity index (χ0) is 15.6. The van der Waals surface area contributed by atoms with E-state index in [9.17, 15) is 14.7 Å². The van der Waals surface area contributed by atoms with Gasteiger partial charge >= 0.3 is 11.9 Å². The number of nitrogens with two attached hydrogens (primary N) is 1. The van der Waals surface area contributed by atoms with E-state index in [1.54, 1.807) is 41.5 Å². The van der Waals surface area contributed by atoms with Crippen molar-refractivity contribution in [2.24, 2.45) is 16.6 Å².